The van der Waals surface area contributed by atoms with Crippen LogP contribution in [0.25, 0.3) is 0 Å². The third-order valence-electron chi connectivity index (χ3n) is 7.09. The van der Waals surface area contributed by atoms with Crippen LogP contribution in [0.1, 0.15) is 70.3 Å². The molecule has 2 aromatic carbocycles. The zero-order chi connectivity index (χ0) is 29.0. The van der Waals surface area contributed by atoms with Crippen molar-refractivity contribution in [3.63, 3.8) is 0 Å². The normalized spacial score (nSPS) is 24.0. The molecule has 2 fully saturated rings. The number of carbonyl (C=O) groups is 3. The van der Waals surface area contributed by atoms with Crippen molar-refractivity contribution in [2.45, 2.75) is 77.4 Å². The molecular formula is C29H35FN4O4. The molecule has 1 atom stereocenters. The number of piperidine rings is 1. The Labute approximate surface area is 225 Å². The minimum atomic E-state index is -1.90. The summed E-state index contributed by atoms with van der Waals surface area (Å²) in [7, 11) is 0. The van der Waals surface area contributed by atoms with Gasteiger partial charge >= 0.3 is 0 Å². The quantitative estimate of drug-likeness (QED) is 0.562. The van der Waals surface area contributed by atoms with E-state index < -0.39 is 35.5 Å². The Balaban J connectivity index is 1.30. The predicted molar refractivity (Wildman–Crippen MR) is 141 cm³/mol. The van der Waals surface area contributed by atoms with Gasteiger partial charge in [-0.3, -0.25) is 24.6 Å². The SMILES string of the molecule is [2H]C([2H])(c1ccc(CNc2cccc3c2CN(C2CCC(=O)NC2=O)C3=O)c(F)c1)N1CC(C)(C)OC(C)(C)C1. The van der Waals surface area contributed by atoms with Gasteiger partial charge in [-0.05, 0) is 57.9 Å². The van der Waals surface area contributed by atoms with Gasteiger partial charge in [0.25, 0.3) is 5.91 Å². The van der Waals surface area contributed by atoms with Crippen LogP contribution in [0, 0.1) is 5.82 Å². The van der Waals surface area contributed by atoms with E-state index in [4.69, 9.17) is 7.48 Å². The average molecular weight is 525 g/mol. The first kappa shape index (κ1) is 23.8. The fourth-order valence-electron chi connectivity index (χ4n) is 5.75. The fourth-order valence-corrected chi connectivity index (χ4v) is 5.75. The van der Waals surface area contributed by atoms with E-state index in [1.807, 2.05) is 27.7 Å². The summed E-state index contributed by atoms with van der Waals surface area (Å²) >= 11 is 0. The molecular weight excluding hydrogens is 487 g/mol. The fraction of sp³-hybridized carbons (Fsp3) is 0.483. The van der Waals surface area contributed by atoms with Crippen LogP contribution in [0.2, 0.25) is 0 Å². The number of amides is 3. The molecule has 0 bridgehead atoms. The molecule has 202 valence electrons. The second-order valence-corrected chi connectivity index (χ2v) is 11.5. The third kappa shape index (κ3) is 5.44. The first-order chi connectivity index (χ1) is 18.7. The van der Waals surface area contributed by atoms with Crippen LogP contribution in [0.3, 0.4) is 0 Å². The Morgan fingerprint density at radius 3 is 2.55 bits per heavy atom. The number of carbonyl (C=O) groups excluding carboxylic acids is 3. The monoisotopic (exact) mass is 524 g/mol. The highest BCUT2D eigenvalue weighted by atomic mass is 19.1. The molecule has 0 saturated carbocycles. The van der Waals surface area contributed by atoms with Gasteiger partial charge in [0.2, 0.25) is 11.8 Å². The Hall–Kier alpha value is -3.30. The van der Waals surface area contributed by atoms with Crippen LogP contribution in [-0.2, 0) is 33.9 Å². The third-order valence-corrected chi connectivity index (χ3v) is 7.09. The maximum atomic E-state index is 15.3. The summed E-state index contributed by atoms with van der Waals surface area (Å²) in [5.74, 6) is -1.63. The summed E-state index contributed by atoms with van der Waals surface area (Å²) in [4.78, 5) is 40.1. The summed E-state index contributed by atoms with van der Waals surface area (Å²) in [5.41, 5.74) is 1.31. The number of nitrogens with one attached hydrogen (secondary N) is 2. The summed E-state index contributed by atoms with van der Waals surface area (Å²) in [5, 5.41) is 5.51. The van der Waals surface area contributed by atoms with Crippen LogP contribution in [-0.4, -0.2) is 57.9 Å². The largest absolute Gasteiger partial charge is 0.381 e. The van der Waals surface area contributed by atoms with E-state index in [1.54, 1.807) is 35.2 Å². The highest BCUT2D eigenvalue weighted by molar-refractivity contribution is 6.06. The molecule has 3 aliphatic heterocycles. The number of imide groups is 1. The van der Waals surface area contributed by atoms with Gasteiger partial charge in [0.05, 0.1) is 11.2 Å². The van der Waals surface area contributed by atoms with Gasteiger partial charge in [-0.1, -0.05) is 18.2 Å². The van der Waals surface area contributed by atoms with Gasteiger partial charge in [-0.15, -0.1) is 0 Å². The number of fused-ring (bicyclic) bond motifs is 1. The van der Waals surface area contributed by atoms with Crippen molar-refractivity contribution in [1.29, 1.82) is 0 Å². The van der Waals surface area contributed by atoms with E-state index in [1.165, 1.54) is 11.0 Å². The van der Waals surface area contributed by atoms with Crippen molar-refractivity contribution < 1.29 is 26.3 Å². The Kier molecular flexibility index (Phi) is 6.12. The molecule has 3 amide bonds. The number of ether oxygens (including phenoxy) is 1. The highest BCUT2D eigenvalue weighted by Gasteiger charge is 2.40. The summed E-state index contributed by atoms with van der Waals surface area (Å²) in [6.07, 6.45) is 0.452. The van der Waals surface area contributed by atoms with Crippen molar-refractivity contribution in [2.24, 2.45) is 0 Å². The minimum absolute atomic E-state index is 0.121. The summed E-state index contributed by atoms with van der Waals surface area (Å²) in [6, 6.07) is 8.94. The van der Waals surface area contributed by atoms with Crippen LogP contribution in [0.15, 0.2) is 36.4 Å². The van der Waals surface area contributed by atoms with Gasteiger partial charge in [0.1, 0.15) is 11.9 Å². The van der Waals surface area contributed by atoms with Crippen LogP contribution >= 0.6 is 0 Å². The number of benzene rings is 2. The molecule has 0 aromatic heterocycles. The van der Waals surface area contributed by atoms with Gasteiger partial charge in [-0.2, -0.15) is 0 Å². The lowest BCUT2D eigenvalue weighted by Gasteiger charge is -2.47. The average Bonchev–Trinajstić information content (AvgIpc) is 3.18. The molecule has 3 heterocycles. The van der Waals surface area contributed by atoms with E-state index in [2.05, 4.69) is 10.6 Å². The van der Waals surface area contributed by atoms with E-state index in [0.29, 0.717) is 35.5 Å². The van der Waals surface area contributed by atoms with E-state index in [9.17, 15) is 14.4 Å². The smallest absolute Gasteiger partial charge is 0.255 e. The first-order valence-corrected chi connectivity index (χ1v) is 12.9. The second-order valence-electron chi connectivity index (χ2n) is 11.5. The standard InChI is InChI=1S/C29H35FN4O4/c1-28(2)16-33(17-29(3,4)38-28)14-18-8-9-19(22(30)12-18)13-31-23-7-5-6-20-21(23)15-34(27(20)37)24-10-11-25(35)32-26(24)36/h5-9,12,24,31H,10-11,13-17H2,1-4H3,(H,32,35,36)/i14D2. The Morgan fingerprint density at radius 1 is 1.13 bits per heavy atom. The van der Waals surface area contributed by atoms with Crippen molar-refractivity contribution in [3.8, 4) is 0 Å². The molecule has 5 rings (SSSR count). The molecule has 38 heavy (non-hydrogen) atoms. The zero-order valence-electron chi connectivity index (χ0n) is 24.2. The van der Waals surface area contributed by atoms with Crippen LogP contribution < -0.4 is 10.6 Å². The van der Waals surface area contributed by atoms with Crippen molar-refractivity contribution in [2.75, 3.05) is 18.4 Å². The number of halogens is 1. The predicted octanol–water partition coefficient (Wildman–Crippen LogP) is 3.59. The molecule has 1 unspecified atom stereocenters. The zero-order valence-corrected chi connectivity index (χ0v) is 22.2. The maximum Gasteiger partial charge on any atom is 0.255 e. The number of anilines is 1. The molecule has 2 saturated heterocycles. The van der Waals surface area contributed by atoms with E-state index in [0.717, 1.165) is 0 Å². The number of morpholine rings is 1. The molecule has 0 radical (unpaired) electrons. The van der Waals surface area contributed by atoms with Gasteiger partial charge in [-0.25, -0.2) is 4.39 Å². The summed E-state index contributed by atoms with van der Waals surface area (Å²) < 4.78 is 39.0. The molecule has 3 aliphatic rings. The van der Waals surface area contributed by atoms with Gasteiger partial charge in [0, 0.05) is 64.2 Å². The van der Waals surface area contributed by atoms with Gasteiger partial charge in [0.15, 0.2) is 0 Å². The molecule has 2 aromatic rings. The van der Waals surface area contributed by atoms with E-state index in [-0.39, 0.29) is 43.3 Å². The van der Waals surface area contributed by atoms with E-state index >= 15 is 4.39 Å². The van der Waals surface area contributed by atoms with Gasteiger partial charge < -0.3 is 15.0 Å². The first-order valence-electron chi connectivity index (χ1n) is 13.9. The lowest BCUT2D eigenvalue weighted by atomic mass is 9.98. The lowest BCUT2D eigenvalue weighted by Crippen LogP contribution is -2.56. The highest BCUT2D eigenvalue weighted by Crippen LogP contribution is 2.33. The van der Waals surface area contributed by atoms with Crippen LogP contribution in [0.5, 0.6) is 0 Å². The van der Waals surface area contributed by atoms with Crippen molar-refractivity contribution in [1.82, 2.24) is 15.1 Å². The topological polar surface area (TPSA) is 91.0 Å². The number of nitrogens with zero attached hydrogens (tertiary/aromatic N) is 2. The lowest BCUT2D eigenvalue weighted by molar-refractivity contribution is -0.182. The number of hydrogen-bond acceptors (Lipinski definition) is 6. The summed E-state index contributed by atoms with van der Waals surface area (Å²) in [6.45, 7) is 6.84. The number of hydrogen-bond donors (Lipinski definition) is 2. The molecule has 0 aliphatic carbocycles. The maximum absolute atomic E-state index is 15.3. The Morgan fingerprint density at radius 2 is 1.87 bits per heavy atom. The van der Waals surface area contributed by atoms with Crippen LogP contribution in [0.4, 0.5) is 10.1 Å². The molecule has 2 N–H and O–H groups in total. The number of rotatable bonds is 6. The second kappa shape index (κ2) is 9.78. The Bertz CT molecular complexity index is 1360. The minimum Gasteiger partial charge on any atom is -0.381 e. The van der Waals surface area contributed by atoms with Crippen molar-refractivity contribution in [3.05, 3.63) is 64.5 Å². The molecule has 8 nitrogen and oxygen atoms in total. The van der Waals surface area contributed by atoms with Crippen molar-refractivity contribution >= 4 is 23.4 Å². The molecule has 0 spiro atoms. The molecule has 9 heteroatoms.